The van der Waals surface area contributed by atoms with Gasteiger partial charge in [-0.05, 0) is 43.2 Å². The van der Waals surface area contributed by atoms with Gasteiger partial charge in [0.05, 0.1) is 11.7 Å². The smallest absolute Gasteiger partial charge is 0.257 e. The van der Waals surface area contributed by atoms with Gasteiger partial charge in [0.2, 0.25) is 0 Å². The number of carbonyl (C=O) groups excluding carboxylic acids is 1. The van der Waals surface area contributed by atoms with E-state index in [1.807, 2.05) is 83.8 Å². The number of nitrogens with one attached hydrogen (secondary N) is 1. The predicted molar refractivity (Wildman–Crippen MR) is 127 cm³/mol. The summed E-state index contributed by atoms with van der Waals surface area (Å²) in [4.78, 5) is 15.4. The summed E-state index contributed by atoms with van der Waals surface area (Å²) in [6.07, 6.45) is 1.70. The van der Waals surface area contributed by atoms with Gasteiger partial charge in [0.15, 0.2) is 0 Å². The van der Waals surface area contributed by atoms with Crippen molar-refractivity contribution in [2.45, 2.75) is 25.1 Å². The fourth-order valence-corrected chi connectivity index (χ4v) is 4.40. The Morgan fingerprint density at radius 2 is 1.67 bits per heavy atom. The lowest BCUT2D eigenvalue weighted by molar-refractivity contribution is 0.0423. The molecule has 2 atom stereocenters. The van der Waals surface area contributed by atoms with Gasteiger partial charge in [-0.2, -0.15) is 0 Å². The second-order valence-electron chi connectivity index (χ2n) is 8.23. The van der Waals surface area contributed by atoms with Gasteiger partial charge in [-0.1, -0.05) is 48.5 Å². The molecule has 2 unspecified atom stereocenters. The standard InChI is InChI=1S/C27H28N2O4/c30-27-22-12-4-6-14-24(22)28-26(29(27)19-21-11-8-16-31-21)23-13-5-7-15-25(23)33-18-17-32-20-9-2-1-3-10-20/h1-7,9-10,12-15,21,26,28H,8,11,16-19H2. The van der Waals surface area contributed by atoms with Gasteiger partial charge in [-0.25, -0.2) is 0 Å². The molecule has 2 aliphatic heterocycles. The molecule has 0 aliphatic carbocycles. The molecular formula is C27H28N2O4. The van der Waals surface area contributed by atoms with E-state index in [1.54, 1.807) is 0 Å². The van der Waals surface area contributed by atoms with E-state index in [0.29, 0.717) is 25.3 Å². The fraction of sp³-hybridized carbons (Fsp3) is 0.296. The van der Waals surface area contributed by atoms with Crippen molar-refractivity contribution in [3.8, 4) is 11.5 Å². The van der Waals surface area contributed by atoms with Gasteiger partial charge in [-0.3, -0.25) is 4.79 Å². The Hall–Kier alpha value is -3.51. The molecule has 5 rings (SSSR count). The summed E-state index contributed by atoms with van der Waals surface area (Å²) in [5, 5.41) is 3.56. The van der Waals surface area contributed by atoms with Crippen molar-refractivity contribution in [2.24, 2.45) is 0 Å². The Balaban J connectivity index is 1.36. The van der Waals surface area contributed by atoms with Crippen LogP contribution in [0, 0.1) is 0 Å². The van der Waals surface area contributed by atoms with E-state index in [4.69, 9.17) is 14.2 Å². The van der Waals surface area contributed by atoms with E-state index in [9.17, 15) is 4.79 Å². The monoisotopic (exact) mass is 444 g/mol. The number of ether oxygens (including phenoxy) is 3. The first kappa shape index (κ1) is 21.3. The number of fused-ring (bicyclic) bond motifs is 1. The summed E-state index contributed by atoms with van der Waals surface area (Å²) >= 11 is 0. The zero-order chi connectivity index (χ0) is 22.5. The van der Waals surface area contributed by atoms with Gasteiger partial charge in [-0.15, -0.1) is 0 Å². The van der Waals surface area contributed by atoms with Crippen LogP contribution in [0.15, 0.2) is 78.9 Å². The second kappa shape index (κ2) is 9.96. The highest BCUT2D eigenvalue weighted by atomic mass is 16.5. The number of nitrogens with zero attached hydrogens (tertiary/aromatic N) is 1. The third kappa shape index (κ3) is 4.81. The van der Waals surface area contributed by atoms with E-state index in [-0.39, 0.29) is 18.2 Å². The molecule has 1 amide bonds. The van der Waals surface area contributed by atoms with Crippen LogP contribution in [-0.2, 0) is 4.74 Å². The highest BCUT2D eigenvalue weighted by Gasteiger charge is 2.36. The number of hydrogen-bond donors (Lipinski definition) is 1. The lowest BCUT2D eigenvalue weighted by atomic mass is 10.0. The number of carbonyl (C=O) groups is 1. The maximum atomic E-state index is 13.5. The summed E-state index contributed by atoms with van der Waals surface area (Å²) in [6, 6.07) is 25.2. The predicted octanol–water partition coefficient (Wildman–Crippen LogP) is 4.89. The Labute approximate surface area is 194 Å². The zero-order valence-electron chi connectivity index (χ0n) is 18.5. The molecule has 2 aliphatic rings. The van der Waals surface area contributed by atoms with Crippen LogP contribution in [0.4, 0.5) is 5.69 Å². The van der Waals surface area contributed by atoms with Crippen molar-refractivity contribution in [3.63, 3.8) is 0 Å². The van der Waals surface area contributed by atoms with Gasteiger partial charge in [0, 0.05) is 24.4 Å². The molecule has 0 aromatic heterocycles. The summed E-state index contributed by atoms with van der Waals surface area (Å²) in [6.45, 7) is 2.12. The van der Waals surface area contributed by atoms with E-state index in [0.717, 1.165) is 42.2 Å². The number of benzene rings is 3. The molecule has 2 heterocycles. The van der Waals surface area contributed by atoms with Crippen LogP contribution in [0.3, 0.4) is 0 Å². The SMILES string of the molecule is O=C1c2ccccc2NC(c2ccccc2OCCOc2ccccc2)N1CC1CCCO1. The molecule has 0 radical (unpaired) electrons. The van der Waals surface area contributed by atoms with Crippen LogP contribution in [0.25, 0.3) is 0 Å². The average molecular weight is 445 g/mol. The lowest BCUT2D eigenvalue weighted by Gasteiger charge is -2.39. The first-order chi connectivity index (χ1) is 16.3. The number of amides is 1. The number of rotatable bonds is 8. The summed E-state index contributed by atoms with van der Waals surface area (Å²) in [5.41, 5.74) is 2.43. The molecule has 0 bridgehead atoms. The largest absolute Gasteiger partial charge is 0.490 e. The topological polar surface area (TPSA) is 60.0 Å². The van der Waals surface area contributed by atoms with E-state index < -0.39 is 0 Å². The van der Waals surface area contributed by atoms with Gasteiger partial charge < -0.3 is 24.4 Å². The minimum atomic E-state index is -0.345. The number of anilines is 1. The van der Waals surface area contributed by atoms with Crippen molar-refractivity contribution in [1.29, 1.82) is 0 Å². The van der Waals surface area contributed by atoms with Crippen molar-refractivity contribution in [1.82, 2.24) is 4.90 Å². The molecule has 6 heteroatoms. The van der Waals surface area contributed by atoms with Crippen LogP contribution >= 0.6 is 0 Å². The highest BCUT2D eigenvalue weighted by molar-refractivity contribution is 6.01. The number of hydrogen-bond acceptors (Lipinski definition) is 5. The zero-order valence-corrected chi connectivity index (χ0v) is 18.5. The molecule has 6 nitrogen and oxygen atoms in total. The van der Waals surface area contributed by atoms with Gasteiger partial charge in [0.25, 0.3) is 5.91 Å². The molecule has 3 aromatic carbocycles. The van der Waals surface area contributed by atoms with Crippen LogP contribution < -0.4 is 14.8 Å². The maximum absolute atomic E-state index is 13.5. The molecule has 3 aromatic rings. The molecule has 33 heavy (non-hydrogen) atoms. The summed E-state index contributed by atoms with van der Waals surface area (Å²) < 4.78 is 17.7. The minimum Gasteiger partial charge on any atom is -0.490 e. The maximum Gasteiger partial charge on any atom is 0.257 e. The third-order valence-electron chi connectivity index (χ3n) is 6.01. The molecule has 1 N–H and O–H groups in total. The Kier molecular flexibility index (Phi) is 6.44. The molecule has 0 spiro atoms. The first-order valence-corrected chi connectivity index (χ1v) is 11.5. The lowest BCUT2D eigenvalue weighted by Crippen LogP contribution is -2.46. The molecule has 1 saturated heterocycles. The minimum absolute atomic E-state index is 0.00654. The van der Waals surface area contributed by atoms with Crippen molar-refractivity contribution in [3.05, 3.63) is 90.0 Å². The Morgan fingerprint density at radius 1 is 0.909 bits per heavy atom. The molecule has 0 saturated carbocycles. The second-order valence-corrected chi connectivity index (χ2v) is 8.23. The van der Waals surface area contributed by atoms with Crippen molar-refractivity contribution >= 4 is 11.6 Å². The van der Waals surface area contributed by atoms with Crippen LogP contribution in [0.2, 0.25) is 0 Å². The quantitative estimate of drug-likeness (QED) is 0.502. The summed E-state index contributed by atoms with van der Waals surface area (Å²) in [5.74, 6) is 1.55. The normalized spacial score (nSPS) is 19.6. The van der Waals surface area contributed by atoms with Crippen molar-refractivity contribution < 1.29 is 19.0 Å². The number of para-hydroxylation sites is 3. The van der Waals surface area contributed by atoms with Crippen molar-refractivity contribution in [2.75, 3.05) is 31.7 Å². The fourth-order valence-electron chi connectivity index (χ4n) is 4.40. The van der Waals surface area contributed by atoms with E-state index in [1.165, 1.54) is 0 Å². The van der Waals surface area contributed by atoms with E-state index >= 15 is 0 Å². The highest BCUT2D eigenvalue weighted by Crippen LogP contribution is 2.37. The average Bonchev–Trinajstić information content (AvgIpc) is 3.38. The molecule has 170 valence electrons. The summed E-state index contributed by atoms with van der Waals surface area (Å²) in [7, 11) is 0. The Morgan fingerprint density at radius 3 is 2.52 bits per heavy atom. The van der Waals surface area contributed by atoms with Gasteiger partial charge >= 0.3 is 0 Å². The van der Waals surface area contributed by atoms with Crippen LogP contribution in [0.5, 0.6) is 11.5 Å². The Bertz CT molecular complexity index is 1080. The third-order valence-corrected chi connectivity index (χ3v) is 6.01. The van der Waals surface area contributed by atoms with Crippen LogP contribution in [0.1, 0.15) is 34.9 Å². The molecule has 1 fully saturated rings. The van der Waals surface area contributed by atoms with Gasteiger partial charge in [0.1, 0.15) is 30.9 Å². The molecular weight excluding hydrogens is 416 g/mol. The van der Waals surface area contributed by atoms with Crippen LogP contribution in [-0.4, -0.2) is 43.3 Å². The van der Waals surface area contributed by atoms with E-state index in [2.05, 4.69) is 5.32 Å². The first-order valence-electron chi connectivity index (χ1n) is 11.5.